The molecule has 0 radical (unpaired) electrons. The molecule has 6 rings (SSSR count). The van der Waals surface area contributed by atoms with Gasteiger partial charge in [0, 0.05) is 0 Å². The average molecular weight is 1060 g/mol. The normalized spacial score (nSPS) is 28.5. The summed E-state index contributed by atoms with van der Waals surface area (Å²) in [6, 6.07) is 0. The van der Waals surface area contributed by atoms with Gasteiger partial charge < -0.3 is 60.6 Å². The molecule has 2 aliphatic rings. The number of halogens is 3. The monoisotopic (exact) mass is 1060 g/mol. The van der Waals surface area contributed by atoms with Crippen molar-refractivity contribution in [2.75, 3.05) is 24.7 Å². The van der Waals surface area contributed by atoms with Gasteiger partial charge in [-0.3, -0.25) is 22.8 Å². The van der Waals surface area contributed by atoms with Gasteiger partial charge in [0.05, 0.1) is 25.9 Å². The first kappa shape index (κ1) is 58.9. The molecule has 13 atom stereocenters. The molecule has 11 N–H and O–H groups in total. The molecule has 6 heterocycles. The molecule has 60 heavy (non-hydrogen) atoms. The number of anilines is 2. The van der Waals surface area contributed by atoms with E-state index < -0.39 is 95.9 Å². The third-order valence-electron chi connectivity index (χ3n) is 7.85. The maximum atomic E-state index is 13.0. The van der Waals surface area contributed by atoms with E-state index in [0.29, 0.717) is 0 Å². The van der Waals surface area contributed by atoms with E-state index in [1.807, 2.05) is 0 Å². The van der Waals surface area contributed by atoms with Crippen LogP contribution in [0.2, 0.25) is 10.6 Å². The van der Waals surface area contributed by atoms with Gasteiger partial charge >= 0.3 is 147 Å². The van der Waals surface area contributed by atoms with E-state index in [1.54, 1.807) is 0 Å². The van der Waals surface area contributed by atoms with Crippen LogP contribution in [0.4, 0.5) is 11.6 Å². The molecule has 0 aliphatic carbocycles. The first-order valence-corrected chi connectivity index (χ1v) is 24.7. The molecule has 2 fully saturated rings. The molecule has 4 aromatic rings. The van der Waals surface area contributed by atoms with E-state index in [4.69, 9.17) is 76.6 Å². The molecule has 0 bridgehead atoms. The molecule has 39 heteroatoms. The first-order chi connectivity index (χ1) is 25.9. The molecule has 0 saturated carbocycles. The molecule has 0 aromatic carbocycles. The molecule has 0 amide bonds. The van der Waals surface area contributed by atoms with Crippen molar-refractivity contribution in [3.05, 3.63) is 23.2 Å². The molecule has 2 saturated heterocycles. The Bertz CT molecular complexity index is 2220. The van der Waals surface area contributed by atoms with E-state index in [-0.39, 0.29) is 163 Å². The number of hydrogen-bond acceptors (Lipinski definition) is 22. The Hall–Kier alpha value is 2.74. The van der Waals surface area contributed by atoms with Gasteiger partial charge in [-0.25, -0.2) is 23.2 Å². The Morgan fingerprint density at radius 3 is 1.53 bits per heavy atom. The second-order valence-electron chi connectivity index (χ2n) is 11.6. The molecule has 0 spiro atoms. The van der Waals surface area contributed by atoms with Crippen LogP contribution < -0.4 is 130 Å². The van der Waals surface area contributed by atoms with E-state index >= 15 is 0 Å². The van der Waals surface area contributed by atoms with Crippen molar-refractivity contribution >= 4 is 122 Å². The van der Waals surface area contributed by atoms with Crippen molar-refractivity contribution in [2.45, 2.75) is 53.9 Å². The van der Waals surface area contributed by atoms with Gasteiger partial charge in [0.1, 0.15) is 47.7 Å². The Balaban J connectivity index is 0.00000310. The van der Waals surface area contributed by atoms with Crippen LogP contribution in [0.15, 0.2) is 12.7 Å². The topological polar surface area (TPSA) is 387 Å². The quantitative estimate of drug-likeness (QED) is 0.0184. The van der Waals surface area contributed by atoms with Crippen LogP contribution in [-0.4, -0.2) is 129 Å². The Kier molecular flexibility index (Phi) is 22.5. The number of hydrogen-bond donors (Lipinski definition) is 10. The number of aliphatic hydroxyl groups excluding tert-OH is 4. The van der Waals surface area contributed by atoms with Gasteiger partial charge in [-0.15, -0.1) is 0 Å². The zero-order valence-corrected chi connectivity index (χ0v) is 46.6. The van der Waals surface area contributed by atoms with Gasteiger partial charge in [-0.1, -0.05) is 23.8 Å². The summed E-state index contributed by atoms with van der Waals surface area (Å²) in [7, 11) is -11.5. The van der Waals surface area contributed by atoms with Crippen molar-refractivity contribution in [2.24, 2.45) is 0 Å². The van der Waals surface area contributed by atoms with Crippen LogP contribution in [0, 0.1) is 0 Å². The number of aromatic nitrogens is 8. The minimum absolute atomic E-state index is 0. The second-order valence-corrected chi connectivity index (χ2v) is 23.6. The van der Waals surface area contributed by atoms with Gasteiger partial charge in [-0.05, 0) is 35.0 Å². The summed E-state index contributed by atoms with van der Waals surface area (Å²) in [5, 5.41) is 41.9. The number of alkyl halides is 1. The van der Waals surface area contributed by atoms with Gasteiger partial charge in [0.15, 0.2) is 35.4 Å². The van der Waals surface area contributed by atoms with Gasteiger partial charge in [0.2, 0.25) is 15.4 Å². The third kappa shape index (κ3) is 13.1. The average Bonchev–Trinajstić information content (AvgIpc) is 3.83. The first-order valence-electron chi connectivity index (χ1n) is 14.9. The number of fused-ring (bicyclic) bond motifs is 2. The molecular formula is C21H27Cl3N10Na4O16P4S2+4. The summed E-state index contributed by atoms with van der Waals surface area (Å²) in [6.07, 6.45) is -10.3. The molecule has 4 aromatic heterocycles. The number of aliphatic hydroxyl groups is 4. The fourth-order valence-corrected chi connectivity index (χ4v) is 14.8. The molecule has 310 valence electrons. The smallest absolute Gasteiger partial charge is 0.387 e. The Morgan fingerprint density at radius 1 is 0.733 bits per heavy atom. The number of nitrogens with two attached hydrogens (primary N) is 2. The van der Waals surface area contributed by atoms with E-state index in [9.17, 15) is 48.8 Å². The zero-order chi connectivity index (χ0) is 41.3. The van der Waals surface area contributed by atoms with E-state index in [0.717, 1.165) is 21.8 Å². The molecular weight excluding hydrogens is 1030 g/mol. The minimum atomic E-state index is -5.78. The summed E-state index contributed by atoms with van der Waals surface area (Å²) in [5.41, 5.74) is 11.8. The van der Waals surface area contributed by atoms with Crippen LogP contribution in [-0.2, 0) is 52.6 Å². The number of nitrogens with zero attached hydrogens (tertiary/aromatic N) is 8. The number of imidazole rings is 2. The molecule has 5 unspecified atom stereocenters. The fraction of sp³-hybridized carbons (Fsp3) is 0.524. The van der Waals surface area contributed by atoms with Crippen LogP contribution in [0.1, 0.15) is 12.5 Å². The number of ether oxygens (including phenoxy) is 2. The Labute approximate surface area is 450 Å². The summed E-state index contributed by atoms with van der Waals surface area (Å²) in [6.45, 7) is -11.8. The van der Waals surface area contributed by atoms with Crippen LogP contribution in [0.3, 0.4) is 0 Å². The third-order valence-corrected chi connectivity index (χ3v) is 18.9. The van der Waals surface area contributed by atoms with Crippen LogP contribution in [0.5, 0.6) is 0 Å². The fourth-order valence-electron chi connectivity index (χ4n) is 5.33. The van der Waals surface area contributed by atoms with E-state index in [1.165, 1.54) is 0 Å². The van der Waals surface area contributed by atoms with Crippen molar-refractivity contribution in [1.29, 1.82) is 0 Å². The predicted octanol–water partition coefficient (Wildman–Crippen LogP) is -11.4. The summed E-state index contributed by atoms with van der Waals surface area (Å²) >= 11 is 25.8. The van der Waals surface area contributed by atoms with Crippen molar-refractivity contribution in [3.63, 3.8) is 0 Å². The Morgan fingerprint density at radius 2 is 1.12 bits per heavy atom. The van der Waals surface area contributed by atoms with E-state index in [2.05, 4.69) is 50.8 Å². The van der Waals surface area contributed by atoms with Crippen molar-refractivity contribution in [1.82, 2.24) is 39.0 Å². The van der Waals surface area contributed by atoms with Crippen molar-refractivity contribution in [3.8, 4) is 0 Å². The summed E-state index contributed by atoms with van der Waals surface area (Å²) < 4.78 is 71.4. The SMILES string of the molecule is Nc1nc(Cl)nc2c1ncn2[C@@H]1O[C@H](COP(=O)(S)OP(=O)(O)C(Cl)P(=O)(O)OP(O)(=S)OC[C@H]2O[C@@H](n3cnc4c(N)nc(Cl)nc43)[C@H](O)[C@@H]2O)[C@@H](O)[C@H]1O.[Na+].[Na+].[Na+].[Na+]. The standard InChI is InChI=1S/C21H27Cl3N10O16P4S2.4Na/c22-19-29-13(25)7-15(31-19)33(3-27-7)17-11(37)9(35)5(47-17)1-45-53(43,55)49-51(39,40)21(24)52(41,42)50-54(44,56)46-2-6-10(36)12(38)18(48-6)34-4-28-8-14(26)30-20(23)32-16(8)34;;;;/h3-6,9-12,17-18,21,35-38H,1-2H2,(H,39,40)(H,41,42)(H,43,55)(H,44,56)(H2,25,29,31)(H2,26,30,32);;;;/q;4*+1/t5-,6-,9-,10-,11-,12-,17-,18-,21?,53?,54?;;;;/m1..../s1. The largest absolute Gasteiger partial charge is 1.00 e. The minimum Gasteiger partial charge on any atom is -0.387 e. The van der Waals surface area contributed by atoms with Crippen LogP contribution in [0.25, 0.3) is 22.3 Å². The van der Waals surface area contributed by atoms with Crippen LogP contribution >= 0.6 is 75.8 Å². The maximum Gasteiger partial charge on any atom is 1.00 e. The summed E-state index contributed by atoms with van der Waals surface area (Å²) in [5.74, 6) is -0.194. The number of nitrogen functional groups attached to an aromatic ring is 2. The van der Waals surface area contributed by atoms with Gasteiger partial charge in [-0.2, -0.15) is 19.9 Å². The zero-order valence-electron chi connectivity index (χ0n) is 31.1. The second kappa shape index (κ2) is 22.9. The van der Waals surface area contributed by atoms with Crippen molar-refractivity contribution < 1.29 is 194 Å². The van der Waals surface area contributed by atoms with Gasteiger partial charge in [0.25, 0.3) is 0 Å². The predicted molar refractivity (Wildman–Crippen MR) is 198 cm³/mol. The number of rotatable bonds is 14. The molecule has 26 nitrogen and oxygen atoms in total. The molecule has 2 aliphatic heterocycles. The maximum absolute atomic E-state index is 13.0. The summed E-state index contributed by atoms with van der Waals surface area (Å²) in [4.78, 5) is 51.8. The number of thiol groups is 1.